The summed E-state index contributed by atoms with van der Waals surface area (Å²) in [6, 6.07) is 6.80. The number of carbonyl (C=O) groups is 1. The topological polar surface area (TPSA) is 54.0 Å². The first kappa shape index (κ1) is 14.0. The Morgan fingerprint density at radius 1 is 1.26 bits per heavy atom. The molecule has 4 nitrogen and oxygen atoms in total. The predicted octanol–water partition coefficient (Wildman–Crippen LogP) is 1.66. The Labute approximate surface area is 115 Å². The van der Waals surface area contributed by atoms with Crippen LogP contribution in [0.1, 0.15) is 37.8 Å². The molecule has 1 saturated carbocycles. The van der Waals surface area contributed by atoms with Crippen molar-refractivity contribution in [2.24, 2.45) is 0 Å². The Bertz CT molecular complexity index is 386. The third-order valence-electron chi connectivity index (χ3n) is 3.83. The summed E-state index contributed by atoms with van der Waals surface area (Å²) in [5.74, 6) is 0.151. The highest BCUT2D eigenvalue weighted by Crippen LogP contribution is 2.18. The van der Waals surface area contributed by atoms with Crippen molar-refractivity contribution in [3.8, 4) is 0 Å². The fourth-order valence-corrected chi connectivity index (χ4v) is 2.61. The first-order valence-electron chi connectivity index (χ1n) is 7.14. The van der Waals surface area contributed by atoms with E-state index in [1.807, 2.05) is 25.2 Å². The molecule has 1 amide bonds. The van der Waals surface area contributed by atoms with E-state index in [4.69, 9.17) is 0 Å². The summed E-state index contributed by atoms with van der Waals surface area (Å²) < 4.78 is 0. The smallest absolute Gasteiger partial charge is 0.220 e. The zero-order valence-electron chi connectivity index (χ0n) is 11.6. The summed E-state index contributed by atoms with van der Waals surface area (Å²) >= 11 is 0. The minimum atomic E-state index is 0.151. The van der Waals surface area contributed by atoms with E-state index in [0.29, 0.717) is 18.5 Å². The molecule has 1 fully saturated rings. The van der Waals surface area contributed by atoms with Crippen LogP contribution in [-0.4, -0.2) is 30.0 Å². The van der Waals surface area contributed by atoms with E-state index in [9.17, 15) is 4.79 Å². The molecule has 0 spiro atoms. The SMILES string of the molecule is CNC1CCC(NC(=O)CCc2ccccn2)CC1. The Balaban J connectivity index is 1.67. The van der Waals surface area contributed by atoms with Crippen LogP contribution in [0.2, 0.25) is 0 Å². The molecular formula is C15H23N3O. The van der Waals surface area contributed by atoms with Gasteiger partial charge in [-0.15, -0.1) is 0 Å². The molecular weight excluding hydrogens is 238 g/mol. The fraction of sp³-hybridized carbons (Fsp3) is 0.600. The Kier molecular flexibility index (Phi) is 5.33. The highest BCUT2D eigenvalue weighted by atomic mass is 16.1. The second-order valence-corrected chi connectivity index (χ2v) is 5.23. The van der Waals surface area contributed by atoms with E-state index in [1.54, 1.807) is 6.20 Å². The van der Waals surface area contributed by atoms with Gasteiger partial charge in [0.05, 0.1) is 0 Å². The first-order valence-corrected chi connectivity index (χ1v) is 7.14. The largest absolute Gasteiger partial charge is 0.353 e. The van der Waals surface area contributed by atoms with E-state index in [2.05, 4.69) is 15.6 Å². The van der Waals surface area contributed by atoms with Gasteiger partial charge in [-0.1, -0.05) is 6.07 Å². The molecule has 0 bridgehead atoms. The zero-order chi connectivity index (χ0) is 13.5. The van der Waals surface area contributed by atoms with Gasteiger partial charge in [0.1, 0.15) is 0 Å². The second-order valence-electron chi connectivity index (χ2n) is 5.23. The minimum Gasteiger partial charge on any atom is -0.353 e. The van der Waals surface area contributed by atoms with E-state index < -0.39 is 0 Å². The maximum absolute atomic E-state index is 11.9. The van der Waals surface area contributed by atoms with Crippen LogP contribution in [0.5, 0.6) is 0 Å². The van der Waals surface area contributed by atoms with Crippen LogP contribution in [0, 0.1) is 0 Å². The molecule has 19 heavy (non-hydrogen) atoms. The van der Waals surface area contributed by atoms with Gasteiger partial charge < -0.3 is 10.6 Å². The number of pyridine rings is 1. The third kappa shape index (κ3) is 4.63. The number of hydrogen-bond donors (Lipinski definition) is 2. The molecule has 0 saturated heterocycles. The van der Waals surface area contributed by atoms with Crippen LogP contribution in [-0.2, 0) is 11.2 Å². The van der Waals surface area contributed by atoms with Crippen molar-refractivity contribution in [1.82, 2.24) is 15.6 Å². The van der Waals surface area contributed by atoms with Crippen LogP contribution in [0.15, 0.2) is 24.4 Å². The number of carbonyl (C=O) groups excluding carboxylic acids is 1. The van der Waals surface area contributed by atoms with Gasteiger partial charge in [0.2, 0.25) is 5.91 Å². The predicted molar refractivity (Wildman–Crippen MR) is 75.8 cm³/mol. The molecule has 1 aliphatic rings. The highest BCUT2D eigenvalue weighted by molar-refractivity contribution is 5.76. The molecule has 2 N–H and O–H groups in total. The molecule has 1 aliphatic carbocycles. The van der Waals surface area contributed by atoms with Crippen molar-refractivity contribution < 1.29 is 4.79 Å². The lowest BCUT2D eigenvalue weighted by Crippen LogP contribution is -2.41. The van der Waals surface area contributed by atoms with Gasteiger partial charge in [-0.2, -0.15) is 0 Å². The van der Waals surface area contributed by atoms with Crippen molar-refractivity contribution >= 4 is 5.91 Å². The van der Waals surface area contributed by atoms with Crippen LogP contribution in [0.3, 0.4) is 0 Å². The number of aromatic nitrogens is 1. The Morgan fingerprint density at radius 2 is 2.00 bits per heavy atom. The van der Waals surface area contributed by atoms with Gasteiger partial charge in [0.25, 0.3) is 0 Å². The van der Waals surface area contributed by atoms with Gasteiger partial charge >= 0.3 is 0 Å². The number of rotatable bonds is 5. The van der Waals surface area contributed by atoms with Crippen molar-refractivity contribution in [2.75, 3.05) is 7.05 Å². The number of nitrogens with one attached hydrogen (secondary N) is 2. The molecule has 0 aliphatic heterocycles. The molecule has 0 radical (unpaired) electrons. The summed E-state index contributed by atoms with van der Waals surface area (Å²) in [5.41, 5.74) is 0.983. The zero-order valence-corrected chi connectivity index (χ0v) is 11.6. The van der Waals surface area contributed by atoms with Crippen LogP contribution >= 0.6 is 0 Å². The van der Waals surface area contributed by atoms with Crippen molar-refractivity contribution in [1.29, 1.82) is 0 Å². The maximum Gasteiger partial charge on any atom is 0.220 e. The van der Waals surface area contributed by atoms with E-state index in [1.165, 1.54) is 0 Å². The number of nitrogens with zero attached hydrogens (tertiary/aromatic N) is 1. The van der Waals surface area contributed by atoms with Crippen molar-refractivity contribution in [3.05, 3.63) is 30.1 Å². The molecule has 1 aromatic rings. The van der Waals surface area contributed by atoms with Crippen molar-refractivity contribution in [2.45, 2.75) is 50.6 Å². The molecule has 1 aromatic heterocycles. The van der Waals surface area contributed by atoms with Gasteiger partial charge in [-0.25, -0.2) is 0 Å². The minimum absolute atomic E-state index is 0.151. The monoisotopic (exact) mass is 261 g/mol. The highest BCUT2D eigenvalue weighted by Gasteiger charge is 2.20. The van der Waals surface area contributed by atoms with Crippen LogP contribution < -0.4 is 10.6 Å². The number of amides is 1. The van der Waals surface area contributed by atoms with Gasteiger partial charge in [0.15, 0.2) is 0 Å². The van der Waals surface area contributed by atoms with E-state index in [-0.39, 0.29) is 5.91 Å². The molecule has 104 valence electrons. The molecule has 0 aromatic carbocycles. The lowest BCUT2D eigenvalue weighted by molar-refractivity contribution is -0.122. The normalized spacial score (nSPS) is 23.0. The first-order chi connectivity index (χ1) is 9.28. The van der Waals surface area contributed by atoms with E-state index in [0.717, 1.165) is 37.8 Å². The fourth-order valence-electron chi connectivity index (χ4n) is 2.61. The quantitative estimate of drug-likeness (QED) is 0.847. The molecule has 0 atom stereocenters. The molecule has 1 heterocycles. The van der Waals surface area contributed by atoms with Crippen LogP contribution in [0.4, 0.5) is 0 Å². The summed E-state index contributed by atoms with van der Waals surface area (Å²) in [4.78, 5) is 16.1. The molecule has 4 heteroatoms. The van der Waals surface area contributed by atoms with Gasteiger partial charge in [0, 0.05) is 30.4 Å². The van der Waals surface area contributed by atoms with E-state index >= 15 is 0 Å². The summed E-state index contributed by atoms with van der Waals surface area (Å²) in [6.07, 6.45) is 7.50. The molecule has 2 rings (SSSR count). The summed E-state index contributed by atoms with van der Waals surface area (Å²) in [5, 5.41) is 6.44. The number of aryl methyl sites for hydroxylation is 1. The number of hydrogen-bond acceptors (Lipinski definition) is 3. The lowest BCUT2D eigenvalue weighted by atomic mass is 9.91. The van der Waals surface area contributed by atoms with Crippen molar-refractivity contribution in [3.63, 3.8) is 0 Å². The lowest BCUT2D eigenvalue weighted by Gasteiger charge is -2.28. The molecule has 0 unspecified atom stereocenters. The summed E-state index contributed by atoms with van der Waals surface area (Å²) in [7, 11) is 2.01. The average molecular weight is 261 g/mol. The maximum atomic E-state index is 11.9. The van der Waals surface area contributed by atoms with Crippen LogP contribution in [0.25, 0.3) is 0 Å². The summed E-state index contributed by atoms with van der Waals surface area (Å²) in [6.45, 7) is 0. The Morgan fingerprint density at radius 3 is 2.63 bits per heavy atom. The van der Waals surface area contributed by atoms with Gasteiger partial charge in [-0.05, 0) is 51.3 Å². The standard InChI is InChI=1S/C15H23N3O/c1-16-12-5-7-14(8-6-12)18-15(19)10-9-13-4-2-3-11-17-13/h2-4,11-12,14,16H,5-10H2,1H3,(H,18,19). The average Bonchev–Trinajstić information content (AvgIpc) is 2.47. The Hall–Kier alpha value is -1.42. The third-order valence-corrected chi connectivity index (χ3v) is 3.83. The van der Waals surface area contributed by atoms with Gasteiger partial charge in [-0.3, -0.25) is 9.78 Å². The second kappa shape index (κ2) is 7.24.